The Morgan fingerprint density at radius 3 is 1.98 bits per heavy atom. The van der Waals surface area contributed by atoms with Crippen molar-refractivity contribution < 1.29 is 8.83 Å². The second-order valence-corrected chi connectivity index (χ2v) is 12.3. The second-order valence-electron chi connectivity index (χ2n) is 12.3. The van der Waals surface area contributed by atoms with Gasteiger partial charge in [0.25, 0.3) is 0 Å². The van der Waals surface area contributed by atoms with E-state index in [1.807, 2.05) is 91.0 Å². The molecule has 0 unspecified atom stereocenters. The van der Waals surface area contributed by atoms with Crippen LogP contribution in [0.15, 0.2) is 154 Å². The number of hydrogen-bond acceptors (Lipinski definition) is 6. The van der Waals surface area contributed by atoms with Crippen molar-refractivity contribution in [2.45, 2.75) is 0 Å². The molecule has 10 aromatic rings. The van der Waals surface area contributed by atoms with Crippen molar-refractivity contribution in [2.75, 3.05) is 0 Å². The second kappa shape index (κ2) is 11.0. The van der Waals surface area contributed by atoms with Crippen LogP contribution in [0.2, 0.25) is 0 Å². The molecule has 0 spiro atoms. The van der Waals surface area contributed by atoms with Crippen LogP contribution in [0, 0.1) is 11.3 Å². The molecule has 0 N–H and O–H groups in total. The molecule has 0 aliphatic heterocycles. The smallest absolute Gasteiger partial charge is 0.167 e. The van der Waals surface area contributed by atoms with E-state index in [1.165, 1.54) is 0 Å². The van der Waals surface area contributed by atoms with Gasteiger partial charge >= 0.3 is 0 Å². The Morgan fingerprint density at radius 1 is 0.440 bits per heavy atom. The minimum Gasteiger partial charge on any atom is -0.455 e. The third-order valence-corrected chi connectivity index (χ3v) is 9.34. The van der Waals surface area contributed by atoms with E-state index in [4.69, 9.17) is 23.8 Å². The molecule has 0 aliphatic carbocycles. The minimum absolute atomic E-state index is 0.416. The summed E-state index contributed by atoms with van der Waals surface area (Å²) in [4.78, 5) is 15.1. The van der Waals surface area contributed by atoms with E-state index in [0.29, 0.717) is 34.2 Å². The van der Waals surface area contributed by atoms with Gasteiger partial charge < -0.3 is 8.83 Å². The van der Waals surface area contributed by atoms with Gasteiger partial charge in [-0.15, -0.1) is 0 Å². The Morgan fingerprint density at radius 2 is 1.16 bits per heavy atom. The Balaban J connectivity index is 1.23. The normalized spacial score (nSPS) is 11.6. The summed E-state index contributed by atoms with van der Waals surface area (Å²) in [6, 6.07) is 50.6. The molecule has 0 saturated heterocycles. The van der Waals surface area contributed by atoms with Crippen LogP contribution in [-0.4, -0.2) is 15.0 Å². The number of hydrogen-bond donors (Lipinski definition) is 0. The summed E-state index contributed by atoms with van der Waals surface area (Å²) in [6.45, 7) is 0. The first-order valence-electron chi connectivity index (χ1n) is 16.3. The highest BCUT2D eigenvalue weighted by Gasteiger charge is 2.21. The van der Waals surface area contributed by atoms with Gasteiger partial charge in [0.1, 0.15) is 22.3 Å². The molecule has 0 bridgehead atoms. The molecule has 7 aromatic carbocycles. The molecule has 50 heavy (non-hydrogen) atoms. The topological polar surface area (TPSA) is 88.7 Å². The Hall–Kier alpha value is -7.10. The van der Waals surface area contributed by atoms with Gasteiger partial charge in [0.05, 0.1) is 17.2 Å². The molecule has 3 aromatic heterocycles. The van der Waals surface area contributed by atoms with Crippen LogP contribution in [0.5, 0.6) is 0 Å². The standard InChI is InChI=1S/C44H24N4O2/c45-25-26-22-35-39-31(27-10-3-1-4-11-27)16-9-17-38(39)50-41(35)36(23-26)44-47-42(29-13-5-2-6-14-29)46-43(48-44)30-19-21-37-34(24-30)33-20-18-28-12-7-8-15-32(28)40(33)49-37/h1-24H. The maximum Gasteiger partial charge on any atom is 0.167 e. The SMILES string of the molecule is N#Cc1cc(-c2nc(-c3ccccc3)nc(-c3ccc4oc5c6ccccc6ccc5c4c3)n2)c2oc3cccc(-c4ccccc4)c3c2c1. The van der Waals surface area contributed by atoms with Crippen LogP contribution >= 0.6 is 0 Å². The number of nitrogens with zero attached hydrogens (tertiary/aromatic N) is 4. The Labute approximate surface area is 285 Å². The van der Waals surface area contributed by atoms with Gasteiger partial charge in [-0.05, 0) is 59.0 Å². The van der Waals surface area contributed by atoms with Gasteiger partial charge in [-0.2, -0.15) is 5.26 Å². The van der Waals surface area contributed by atoms with Crippen LogP contribution in [0.3, 0.4) is 0 Å². The van der Waals surface area contributed by atoms with Crippen LogP contribution in [0.4, 0.5) is 0 Å². The Bertz CT molecular complexity index is 2990. The lowest BCUT2D eigenvalue weighted by atomic mass is 9.97. The third-order valence-electron chi connectivity index (χ3n) is 9.34. The molecule has 0 fully saturated rings. The predicted octanol–water partition coefficient (Wildman–Crippen LogP) is 11.4. The molecule has 6 nitrogen and oxygen atoms in total. The van der Waals surface area contributed by atoms with Crippen molar-refractivity contribution >= 4 is 54.6 Å². The lowest BCUT2D eigenvalue weighted by Crippen LogP contribution is -2.00. The number of fused-ring (bicyclic) bond motifs is 8. The van der Waals surface area contributed by atoms with Gasteiger partial charge in [0.2, 0.25) is 0 Å². The van der Waals surface area contributed by atoms with E-state index in [0.717, 1.165) is 71.3 Å². The summed E-state index contributed by atoms with van der Waals surface area (Å²) in [5.41, 5.74) is 7.84. The van der Waals surface area contributed by atoms with Gasteiger partial charge in [-0.1, -0.05) is 103 Å². The maximum absolute atomic E-state index is 10.2. The summed E-state index contributed by atoms with van der Waals surface area (Å²) in [6.07, 6.45) is 0. The largest absolute Gasteiger partial charge is 0.455 e. The summed E-state index contributed by atoms with van der Waals surface area (Å²) in [5.74, 6) is 1.44. The van der Waals surface area contributed by atoms with Gasteiger partial charge in [0, 0.05) is 38.1 Å². The monoisotopic (exact) mass is 640 g/mol. The molecule has 0 aliphatic rings. The molecule has 232 valence electrons. The van der Waals surface area contributed by atoms with E-state index >= 15 is 0 Å². The zero-order chi connectivity index (χ0) is 33.2. The van der Waals surface area contributed by atoms with E-state index in [2.05, 4.69) is 54.6 Å². The average Bonchev–Trinajstić information content (AvgIpc) is 3.76. The lowest BCUT2D eigenvalue weighted by Gasteiger charge is -2.09. The van der Waals surface area contributed by atoms with E-state index in [-0.39, 0.29) is 0 Å². The Kier molecular flexibility index (Phi) is 6.14. The molecule has 0 radical (unpaired) electrons. The number of rotatable bonds is 4. The van der Waals surface area contributed by atoms with Crippen molar-refractivity contribution in [2.24, 2.45) is 0 Å². The van der Waals surface area contributed by atoms with E-state index in [9.17, 15) is 5.26 Å². The summed E-state index contributed by atoms with van der Waals surface area (Å²) in [7, 11) is 0. The first-order valence-corrected chi connectivity index (χ1v) is 16.3. The van der Waals surface area contributed by atoms with Crippen molar-refractivity contribution in [3.8, 4) is 51.4 Å². The molecule has 0 saturated carbocycles. The van der Waals surface area contributed by atoms with E-state index < -0.39 is 0 Å². The van der Waals surface area contributed by atoms with Gasteiger partial charge in [-0.25, -0.2) is 15.0 Å². The number of furan rings is 2. The van der Waals surface area contributed by atoms with Crippen LogP contribution in [0.25, 0.3) is 99.9 Å². The quantitative estimate of drug-likeness (QED) is 0.190. The third kappa shape index (κ3) is 4.38. The van der Waals surface area contributed by atoms with Crippen molar-refractivity contribution in [3.63, 3.8) is 0 Å². The average molecular weight is 641 g/mol. The number of benzene rings is 7. The van der Waals surface area contributed by atoms with Gasteiger partial charge in [0.15, 0.2) is 17.5 Å². The lowest BCUT2D eigenvalue weighted by molar-refractivity contribution is 0.669. The molecular weight excluding hydrogens is 617 g/mol. The zero-order valence-electron chi connectivity index (χ0n) is 26.5. The minimum atomic E-state index is 0.416. The summed E-state index contributed by atoms with van der Waals surface area (Å²) in [5, 5.41) is 16.2. The molecule has 0 amide bonds. The van der Waals surface area contributed by atoms with Crippen molar-refractivity contribution in [1.82, 2.24) is 15.0 Å². The first kappa shape index (κ1) is 28.0. The highest BCUT2D eigenvalue weighted by Crippen LogP contribution is 2.41. The summed E-state index contributed by atoms with van der Waals surface area (Å²) >= 11 is 0. The molecule has 0 atom stereocenters. The molecule has 3 heterocycles. The van der Waals surface area contributed by atoms with Crippen molar-refractivity contribution in [3.05, 3.63) is 151 Å². The number of nitriles is 1. The first-order chi connectivity index (χ1) is 24.7. The molecule has 10 rings (SSSR count). The fraction of sp³-hybridized carbons (Fsp3) is 0. The van der Waals surface area contributed by atoms with E-state index in [1.54, 1.807) is 6.07 Å². The van der Waals surface area contributed by atoms with Crippen molar-refractivity contribution in [1.29, 1.82) is 5.26 Å². The highest BCUT2D eigenvalue weighted by atomic mass is 16.3. The fourth-order valence-electron chi connectivity index (χ4n) is 7.00. The fourth-order valence-corrected chi connectivity index (χ4v) is 7.00. The zero-order valence-corrected chi connectivity index (χ0v) is 26.5. The maximum atomic E-state index is 10.2. The van der Waals surface area contributed by atoms with Crippen LogP contribution in [0.1, 0.15) is 5.56 Å². The number of aromatic nitrogens is 3. The van der Waals surface area contributed by atoms with Crippen LogP contribution in [-0.2, 0) is 0 Å². The predicted molar refractivity (Wildman–Crippen MR) is 198 cm³/mol. The highest BCUT2D eigenvalue weighted by molar-refractivity contribution is 6.16. The summed E-state index contributed by atoms with van der Waals surface area (Å²) < 4.78 is 13.0. The molecular formula is C44H24N4O2. The molecule has 6 heteroatoms. The van der Waals surface area contributed by atoms with Crippen LogP contribution < -0.4 is 0 Å². The van der Waals surface area contributed by atoms with Gasteiger partial charge in [-0.3, -0.25) is 0 Å².